The van der Waals surface area contributed by atoms with Gasteiger partial charge in [0.2, 0.25) is 0 Å². The molecule has 2 N–H and O–H groups in total. The van der Waals surface area contributed by atoms with Gasteiger partial charge in [0.25, 0.3) is 0 Å². The van der Waals surface area contributed by atoms with Crippen molar-refractivity contribution in [3.8, 4) is 11.4 Å². The van der Waals surface area contributed by atoms with Gasteiger partial charge in [0.15, 0.2) is 5.82 Å². The lowest BCUT2D eigenvalue weighted by atomic mass is 10.1. The van der Waals surface area contributed by atoms with Gasteiger partial charge in [-0.2, -0.15) is 5.10 Å². The fourth-order valence-electron chi connectivity index (χ4n) is 1.94. The quantitative estimate of drug-likeness (QED) is 0.777. The molecular formula is C15H20N4. The van der Waals surface area contributed by atoms with Crippen molar-refractivity contribution in [3.63, 3.8) is 0 Å². The zero-order valence-corrected chi connectivity index (χ0v) is 11.5. The van der Waals surface area contributed by atoms with Gasteiger partial charge in [-0.05, 0) is 38.8 Å². The van der Waals surface area contributed by atoms with Crippen molar-refractivity contribution in [2.75, 3.05) is 5.32 Å². The van der Waals surface area contributed by atoms with E-state index in [1.165, 1.54) is 0 Å². The molecule has 1 aromatic carbocycles. The average molecular weight is 256 g/mol. The van der Waals surface area contributed by atoms with E-state index >= 15 is 0 Å². The molecular weight excluding hydrogens is 236 g/mol. The van der Waals surface area contributed by atoms with E-state index in [1.54, 1.807) is 0 Å². The van der Waals surface area contributed by atoms with E-state index in [2.05, 4.69) is 46.1 Å². The van der Waals surface area contributed by atoms with Crippen molar-refractivity contribution < 1.29 is 0 Å². The van der Waals surface area contributed by atoms with Crippen molar-refractivity contribution in [3.05, 3.63) is 42.7 Å². The van der Waals surface area contributed by atoms with Crippen LogP contribution < -0.4 is 5.32 Å². The largest absolute Gasteiger partial charge is 0.383 e. The van der Waals surface area contributed by atoms with E-state index in [9.17, 15) is 0 Å². The maximum absolute atomic E-state index is 4.34. The van der Waals surface area contributed by atoms with E-state index in [1.807, 2.05) is 25.1 Å². The summed E-state index contributed by atoms with van der Waals surface area (Å²) >= 11 is 0. The van der Waals surface area contributed by atoms with Crippen LogP contribution in [0.2, 0.25) is 0 Å². The molecule has 0 amide bonds. The summed E-state index contributed by atoms with van der Waals surface area (Å²) in [6, 6.07) is 8.59. The van der Waals surface area contributed by atoms with Crippen LogP contribution in [-0.4, -0.2) is 21.2 Å². The van der Waals surface area contributed by atoms with Crippen molar-refractivity contribution >= 4 is 5.69 Å². The normalized spacial score (nSPS) is 12.1. The number of anilines is 1. The highest BCUT2D eigenvalue weighted by molar-refractivity contribution is 5.62. The van der Waals surface area contributed by atoms with Crippen molar-refractivity contribution in [2.45, 2.75) is 32.7 Å². The summed E-state index contributed by atoms with van der Waals surface area (Å²) < 4.78 is 0. The number of H-pyrrole nitrogens is 1. The predicted molar refractivity (Wildman–Crippen MR) is 79.1 cm³/mol. The Morgan fingerprint density at radius 2 is 2.32 bits per heavy atom. The SMILES string of the molecule is C=CCCC(C)Nc1cccc(-c2n[nH]c(C)n2)c1. The van der Waals surface area contributed by atoms with Crippen molar-refractivity contribution in [2.24, 2.45) is 0 Å². The summed E-state index contributed by atoms with van der Waals surface area (Å²) in [6.07, 6.45) is 4.05. The molecule has 4 nitrogen and oxygen atoms in total. The number of hydrogen-bond acceptors (Lipinski definition) is 3. The number of nitrogens with one attached hydrogen (secondary N) is 2. The van der Waals surface area contributed by atoms with E-state index in [4.69, 9.17) is 0 Å². The zero-order valence-electron chi connectivity index (χ0n) is 11.5. The highest BCUT2D eigenvalue weighted by Gasteiger charge is 2.06. The first-order valence-electron chi connectivity index (χ1n) is 6.56. The number of allylic oxidation sites excluding steroid dienone is 1. The fraction of sp³-hybridized carbons (Fsp3) is 0.333. The Hall–Kier alpha value is -2.10. The van der Waals surface area contributed by atoms with Gasteiger partial charge in [0, 0.05) is 17.3 Å². The summed E-state index contributed by atoms with van der Waals surface area (Å²) in [4.78, 5) is 4.34. The summed E-state index contributed by atoms with van der Waals surface area (Å²) in [5.41, 5.74) is 2.11. The summed E-state index contributed by atoms with van der Waals surface area (Å²) in [5, 5.41) is 10.5. The number of nitrogens with zero attached hydrogens (tertiary/aromatic N) is 2. The van der Waals surface area contributed by atoms with Gasteiger partial charge in [0.1, 0.15) is 5.82 Å². The van der Waals surface area contributed by atoms with Crippen LogP contribution in [0.4, 0.5) is 5.69 Å². The number of aromatic nitrogens is 3. The number of aromatic amines is 1. The second kappa shape index (κ2) is 6.18. The van der Waals surface area contributed by atoms with Gasteiger partial charge >= 0.3 is 0 Å². The fourth-order valence-corrected chi connectivity index (χ4v) is 1.94. The molecule has 4 heteroatoms. The van der Waals surface area contributed by atoms with Crippen molar-refractivity contribution in [1.82, 2.24) is 15.2 Å². The average Bonchev–Trinajstić information content (AvgIpc) is 2.83. The van der Waals surface area contributed by atoms with Crippen molar-refractivity contribution in [1.29, 1.82) is 0 Å². The third kappa shape index (κ3) is 3.68. The minimum Gasteiger partial charge on any atom is -0.383 e. The van der Waals surface area contributed by atoms with Gasteiger partial charge in [-0.25, -0.2) is 4.98 Å². The zero-order chi connectivity index (χ0) is 13.7. The Kier molecular flexibility index (Phi) is 4.34. The summed E-state index contributed by atoms with van der Waals surface area (Å²) in [7, 11) is 0. The number of rotatable bonds is 6. The lowest BCUT2D eigenvalue weighted by Crippen LogP contribution is -2.14. The van der Waals surface area contributed by atoms with Gasteiger partial charge in [-0.3, -0.25) is 5.10 Å². The minimum atomic E-state index is 0.419. The Balaban J connectivity index is 2.09. The van der Waals surface area contributed by atoms with Crippen LogP contribution in [0, 0.1) is 6.92 Å². The Bertz CT molecular complexity index is 545. The van der Waals surface area contributed by atoms with Crippen LogP contribution in [0.25, 0.3) is 11.4 Å². The molecule has 100 valence electrons. The molecule has 1 aromatic heterocycles. The molecule has 0 radical (unpaired) electrons. The first-order chi connectivity index (χ1) is 9.19. The minimum absolute atomic E-state index is 0.419. The molecule has 0 fully saturated rings. The maximum Gasteiger partial charge on any atom is 0.181 e. The standard InChI is InChI=1S/C15H20N4/c1-4-5-7-11(2)16-14-9-6-8-13(10-14)15-17-12(3)18-19-15/h4,6,8-11,16H,1,5,7H2,2-3H3,(H,17,18,19). The first kappa shape index (κ1) is 13.3. The predicted octanol–water partition coefficient (Wildman–Crippen LogP) is 3.55. The van der Waals surface area contributed by atoms with Crippen LogP contribution in [-0.2, 0) is 0 Å². The van der Waals surface area contributed by atoms with Crippen LogP contribution in [0.5, 0.6) is 0 Å². The molecule has 0 spiro atoms. The molecule has 0 saturated carbocycles. The van der Waals surface area contributed by atoms with Gasteiger partial charge in [0.05, 0.1) is 0 Å². The van der Waals surface area contributed by atoms with E-state index < -0.39 is 0 Å². The van der Waals surface area contributed by atoms with Crippen LogP contribution in [0.1, 0.15) is 25.6 Å². The molecule has 0 bridgehead atoms. The number of benzene rings is 1. The molecule has 2 aromatic rings. The Morgan fingerprint density at radius 3 is 3.00 bits per heavy atom. The third-order valence-corrected chi connectivity index (χ3v) is 2.93. The molecule has 19 heavy (non-hydrogen) atoms. The van der Waals surface area contributed by atoms with Crippen LogP contribution in [0.3, 0.4) is 0 Å². The lowest BCUT2D eigenvalue weighted by molar-refractivity contribution is 0.719. The molecule has 1 atom stereocenters. The van der Waals surface area contributed by atoms with E-state index in [0.717, 1.165) is 35.7 Å². The Morgan fingerprint density at radius 1 is 1.47 bits per heavy atom. The van der Waals surface area contributed by atoms with Crippen LogP contribution in [0.15, 0.2) is 36.9 Å². The number of hydrogen-bond donors (Lipinski definition) is 2. The highest BCUT2D eigenvalue weighted by Crippen LogP contribution is 2.20. The molecule has 0 aliphatic heterocycles. The van der Waals surface area contributed by atoms with Gasteiger partial charge in [-0.15, -0.1) is 6.58 Å². The molecule has 0 aliphatic rings. The molecule has 1 unspecified atom stereocenters. The second-order valence-corrected chi connectivity index (χ2v) is 4.74. The molecule has 1 heterocycles. The topological polar surface area (TPSA) is 53.6 Å². The van der Waals surface area contributed by atoms with Gasteiger partial charge in [-0.1, -0.05) is 18.2 Å². The molecule has 2 rings (SSSR count). The Labute approximate surface area is 114 Å². The third-order valence-electron chi connectivity index (χ3n) is 2.93. The van der Waals surface area contributed by atoms with Crippen LogP contribution >= 0.6 is 0 Å². The monoisotopic (exact) mass is 256 g/mol. The van der Waals surface area contributed by atoms with Gasteiger partial charge < -0.3 is 5.32 Å². The van der Waals surface area contributed by atoms with E-state index in [0.29, 0.717) is 6.04 Å². The highest BCUT2D eigenvalue weighted by atomic mass is 15.2. The second-order valence-electron chi connectivity index (χ2n) is 4.74. The first-order valence-corrected chi connectivity index (χ1v) is 6.56. The summed E-state index contributed by atoms with van der Waals surface area (Å²) in [5.74, 6) is 1.56. The molecule has 0 saturated heterocycles. The molecule has 0 aliphatic carbocycles. The maximum atomic E-state index is 4.34. The van der Waals surface area contributed by atoms with E-state index in [-0.39, 0.29) is 0 Å². The summed E-state index contributed by atoms with van der Waals surface area (Å²) in [6.45, 7) is 7.82. The lowest BCUT2D eigenvalue weighted by Gasteiger charge is -2.14. The smallest absolute Gasteiger partial charge is 0.181 e. The number of aryl methyl sites for hydroxylation is 1.